The highest BCUT2D eigenvalue weighted by Gasteiger charge is 2.24. The van der Waals surface area contributed by atoms with Crippen LogP contribution in [0.1, 0.15) is 57.6 Å². The van der Waals surface area contributed by atoms with Gasteiger partial charge in [-0.15, -0.1) is 0 Å². The molecule has 1 saturated heterocycles. The Hall–Kier alpha value is -2.57. The zero-order chi connectivity index (χ0) is 22.1. The van der Waals surface area contributed by atoms with Crippen LogP contribution in [0.15, 0.2) is 24.3 Å². The van der Waals surface area contributed by atoms with Crippen LogP contribution < -0.4 is 10.6 Å². The molecule has 0 unspecified atom stereocenters. The Balaban J connectivity index is 1.61. The predicted octanol–water partition coefficient (Wildman–Crippen LogP) is 2.95. The average Bonchev–Trinajstić information content (AvgIpc) is 2.66. The topological polar surface area (TPSA) is 87.7 Å². The van der Waals surface area contributed by atoms with Crippen molar-refractivity contribution in [3.05, 3.63) is 35.4 Å². The van der Waals surface area contributed by atoms with Gasteiger partial charge in [0.25, 0.3) is 0 Å². The number of ether oxygens (including phenoxy) is 1. The van der Waals surface area contributed by atoms with Crippen molar-refractivity contribution in [3.8, 4) is 0 Å². The lowest BCUT2D eigenvalue weighted by Gasteiger charge is -2.32. The molecule has 1 aliphatic heterocycles. The van der Waals surface area contributed by atoms with Crippen molar-refractivity contribution in [2.45, 2.75) is 71.4 Å². The molecule has 7 nitrogen and oxygen atoms in total. The van der Waals surface area contributed by atoms with Gasteiger partial charge in [-0.25, -0.2) is 4.79 Å². The standard InChI is InChI=1S/C23H35N3O4/c1-17-5-7-18(8-6-17)9-10-20(27)25-19-12-15-26(16-13-19)21(28)11-14-24-22(29)30-23(2,3)4/h5-8,19H,9-16H2,1-4H3,(H,24,29)(H,25,27). The lowest BCUT2D eigenvalue weighted by atomic mass is 10.0. The van der Waals surface area contributed by atoms with Crippen LogP contribution in [0.5, 0.6) is 0 Å². The van der Waals surface area contributed by atoms with E-state index in [1.165, 1.54) is 5.56 Å². The Bertz CT molecular complexity index is 717. The summed E-state index contributed by atoms with van der Waals surface area (Å²) in [4.78, 5) is 38.0. The third-order valence-corrected chi connectivity index (χ3v) is 4.98. The minimum absolute atomic E-state index is 0.00945. The number of aryl methyl sites for hydroxylation is 2. The van der Waals surface area contributed by atoms with Crippen molar-refractivity contribution in [2.24, 2.45) is 0 Å². The third kappa shape index (κ3) is 8.84. The first kappa shape index (κ1) is 23.7. The lowest BCUT2D eigenvalue weighted by molar-refractivity contribution is -0.132. The number of nitrogens with one attached hydrogen (secondary N) is 2. The summed E-state index contributed by atoms with van der Waals surface area (Å²) in [7, 11) is 0. The minimum atomic E-state index is -0.555. The minimum Gasteiger partial charge on any atom is -0.444 e. The molecule has 2 N–H and O–H groups in total. The van der Waals surface area contributed by atoms with Gasteiger partial charge in [0.15, 0.2) is 0 Å². The Morgan fingerprint density at radius 2 is 1.70 bits per heavy atom. The average molecular weight is 418 g/mol. The molecular weight excluding hydrogens is 382 g/mol. The highest BCUT2D eigenvalue weighted by molar-refractivity contribution is 5.78. The Labute approximate surface area is 179 Å². The molecule has 0 atom stereocenters. The first-order valence-corrected chi connectivity index (χ1v) is 10.7. The monoisotopic (exact) mass is 417 g/mol. The van der Waals surface area contributed by atoms with Crippen LogP contribution in [0, 0.1) is 6.92 Å². The second kappa shape index (κ2) is 11.0. The van der Waals surface area contributed by atoms with Crippen molar-refractivity contribution in [1.82, 2.24) is 15.5 Å². The molecule has 1 aromatic carbocycles. The zero-order valence-corrected chi connectivity index (χ0v) is 18.6. The SMILES string of the molecule is Cc1ccc(CCC(=O)NC2CCN(C(=O)CCNC(=O)OC(C)(C)C)CC2)cc1. The van der Waals surface area contributed by atoms with E-state index < -0.39 is 11.7 Å². The summed E-state index contributed by atoms with van der Waals surface area (Å²) < 4.78 is 5.15. The molecular formula is C23H35N3O4. The van der Waals surface area contributed by atoms with Crippen molar-refractivity contribution < 1.29 is 19.1 Å². The van der Waals surface area contributed by atoms with Crippen molar-refractivity contribution in [1.29, 1.82) is 0 Å². The second-order valence-electron chi connectivity index (χ2n) is 8.89. The van der Waals surface area contributed by atoms with Crippen LogP contribution >= 0.6 is 0 Å². The fraction of sp³-hybridized carbons (Fsp3) is 0.609. The number of amides is 3. The van der Waals surface area contributed by atoms with Crippen LogP contribution in [0.2, 0.25) is 0 Å². The molecule has 0 bridgehead atoms. The van der Waals surface area contributed by atoms with Crippen molar-refractivity contribution in [2.75, 3.05) is 19.6 Å². The summed E-state index contributed by atoms with van der Waals surface area (Å²) in [5, 5.41) is 5.70. The molecule has 0 aromatic heterocycles. The van der Waals surface area contributed by atoms with E-state index in [0.717, 1.165) is 24.8 Å². The number of benzene rings is 1. The van der Waals surface area contributed by atoms with Crippen LogP contribution in [0.4, 0.5) is 4.79 Å². The quantitative estimate of drug-likeness (QED) is 0.714. The largest absolute Gasteiger partial charge is 0.444 e. The highest BCUT2D eigenvalue weighted by Crippen LogP contribution is 2.13. The maximum Gasteiger partial charge on any atom is 0.407 e. The van der Waals surface area contributed by atoms with Gasteiger partial charge >= 0.3 is 6.09 Å². The molecule has 2 rings (SSSR count). The fourth-order valence-corrected chi connectivity index (χ4v) is 3.33. The molecule has 0 radical (unpaired) electrons. The normalized spacial score (nSPS) is 14.9. The number of rotatable bonds is 7. The second-order valence-corrected chi connectivity index (χ2v) is 8.89. The molecule has 1 aromatic rings. The van der Waals surface area contributed by atoms with E-state index in [4.69, 9.17) is 4.74 Å². The Morgan fingerprint density at radius 1 is 1.07 bits per heavy atom. The Morgan fingerprint density at radius 3 is 2.30 bits per heavy atom. The number of hydrogen-bond donors (Lipinski definition) is 2. The van der Waals surface area contributed by atoms with Crippen LogP contribution in [-0.2, 0) is 20.7 Å². The molecule has 7 heteroatoms. The Kier molecular flexibility index (Phi) is 8.69. The molecule has 30 heavy (non-hydrogen) atoms. The van der Waals surface area contributed by atoms with Gasteiger partial charge in [-0.2, -0.15) is 0 Å². The first-order chi connectivity index (χ1) is 14.1. The molecule has 1 heterocycles. The number of likely N-dealkylation sites (tertiary alicyclic amines) is 1. The van der Waals surface area contributed by atoms with E-state index >= 15 is 0 Å². The number of carbonyl (C=O) groups is 3. The van der Waals surface area contributed by atoms with Crippen LogP contribution in [0.25, 0.3) is 0 Å². The summed E-state index contributed by atoms with van der Waals surface area (Å²) >= 11 is 0. The van der Waals surface area contributed by atoms with Gasteiger partial charge in [0.1, 0.15) is 5.60 Å². The summed E-state index contributed by atoms with van der Waals surface area (Å²) in [6.45, 7) is 8.92. The summed E-state index contributed by atoms with van der Waals surface area (Å²) in [6, 6.07) is 8.35. The van der Waals surface area contributed by atoms with Crippen molar-refractivity contribution in [3.63, 3.8) is 0 Å². The van der Waals surface area contributed by atoms with E-state index in [1.807, 2.05) is 6.92 Å². The van der Waals surface area contributed by atoms with E-state index in [1.54, 1.807) is 25.7 Å². The summed E-state index contributed by atoms with van der Waals surface area (Å²) in [6.07, 6.45) is 2.44. The number of alkyl carbamates (subject to hydrolysis) is 1. The van der Waals surface area contributed by atoms with Gasteiger partial charge < -0.3 is 20.3 Å². The number of carbonyl (C=O) groups excluding carboxylic acids is 3. The van der Waals surface area contributed by atoms with Crippen molar-refractivity contribution >= 4 is 17.9 Å². The maximum atomic E-state index is 12.3. The van der Waals surface area contributed by atoms with Gasteiger partial charge in [-0.3, -0.25) is 9.59 Å². The van der Waals surface area contributed by atoms with Gasteiger partial charge in [-0.1, -0.05) is 29.8 Å². The van der Waals surface area contributed by atoms with E-state index in [0.29, 0.717) is 19.5 Å². The first-order valence-electron chi connectivity index (χ1n) is 10.7. The van der Waals surface area contributed by atoms with Crippen LogP contribution in [0.3, 0.4) is 0 Å². The molecule has 0 spiro atoms. The van der Waals surface area contributed by atoms with E-state index in [2.05, 4.69) is 34.9 Å². The van der Waals surface area contributed by atoms with Gasteiger partial charge in [0.2, 0.25) is 11.8 Å². The summed E-state index contributed by atoms with van der Waals surface area (Å²) in [5.74, 6) is 0.0668. The molecule has 0 aliphatic carbocycles. The predicted molar refractivity (Wildman–Crippen MR) is 116 cm³/mol. The molecule has 0 saturated carbocycles. The lowest BCUT2D eigenvalue weighted by Crippen LogP contribution is -2.47. The summed E-state index contributed by atoms with van der Waals surface area (Å²) in [5.41, 5.74) is 1.82. The number of piperidine rings is 1. The third-order valence-electron chi connectivity index (χ3n) is 4.98. The van der Waals surface area contributed by atoms with Gasteiger partial charge in [0.05, 0.1) is 0 Å². The highest BCUT2D eigenvalue weighted by atomic mass is 16.6. The maximum absolute atomic E-state index is 12.3. The van der Waals surface area contributed by atoms with Gasteiger partial charge in [-0.05, 0) is 52.5 Å². The molecule has 1 fully saturated rings. The van der Waals surface area contributed by atoms with Crippen LogP contribution in [-0.4, -0.2) is 54.1 Å². The smallest absolute Gasteiger partial charge is 0.407 e. The molecule has 3 amide bonds. The zero-order valence-electron chi connectivity index (χ0n) is 18.6. The number of hydrogen-bond acceptors (Lipinski definition) is 4. The van der Waals surface area contributed by atoms with Gasteiger partial charge in [0, 0.05) is 38.5 Å². The molecule has 166 valence electrons. The van der Waals surface area contributed by atoms with E-state index in [-0.39, 0.29) is 30.8 Å². The molecule has 1 aliphatic rings. The fourth-order valence-electron chi connectivity index (χ4n) is 3.33. The number of nitrogens with zero attached hydrogens (tertiary/aromatic N) is 1. The van der Waals surface area contributed by atoms with E-state index in [9.17, 15) is 14.4 Å².